The summed E-state index contributed by atoms with van der Waals surface area (Å²) in [6, 6.07) is 0. The molecule has 0 saturated heterocycles. The zero-order valence-electron chi connectivity index (χ0n) is 11.4. The van der Waals surface area contributed by atoms with E-state index < -0.39 is 0 Å². The number of rotatable bonds is 0. The van der Waals surface area contributed by atoms with Crippen LogP contribution < -0.4 is 0 Å². The normalized spacial score (nSPS) is 45.3. The molecule has 18 heavy (non-hydrogen) atoms. The Morgan fingerprint density at radius 2 is 0.611 bits per heavy atom. The molecule has 0 aromatic rings. The van der Waals surface area contributed by atoms with Gasteiger partial charge in [0.2, 0.25) is 0 Å². The highest BCUT2D eigenvalue weighted by molar-refractivity contribution is 5.31. The van der Waals surface area contributed by atoms with Gasteiger partial charge in [-0.1, -0.05) is 22.3 Å². The van der Waals surface area contributed by atoms with E-state index in [-0.39, 0.29) is 0 Å². The van der Waals surface area contributed by atoms with Gasteiger partial charge in [-0.2, -0.15) is 0 Å². The molecule has 4 fully saturated rings. The molecule has 96 valence electrons. The summed E-state index contributed by atoms with van der Waals surface area (Å²) in [6.45, 7) is 0. The van der Waals surface area contributed by atoms with Crippen LogP contribution in [0.25, 0.3) is 0 Å². The van der Waals surface area contributed by atoms with Crippen LogP contribution in [0, 0.1) is 23.7 Å². The van der Waals surface area contributed by atoms with Gasteiger partial charge in [0.05, 0.1) is 0 Å². The van der Waals surface area contributed by atoms with E-state index >= 15 is 0 Å². The van der Waals surface area contributed by atoms with Crippen molar-refractivity contribution in [3.63, 3.8) is 0 Å². The molecule has 8 bridgehead atoms. The lowest BCUT2D eigenvalue weighted by atomic mass is 9.59. The predicted molar refractivity (Wildman–Crippen MR) is 74.2 cm³/mol. The molecule has 0 heteroatoms. The van der Waals surface area contributed by atoms with Crippen molar-refractivity contribution < 1.29 is 0 Å². The first-order chi connectivity index (χ1) is 8.83. The van der Waals surface area contributed by atoms with Crippen LogP contribution in [-0.2, 0) is 0 Å². The molecule has 0 aromatic carbocycles. The molecule has 8 aliphatic carbocycles. The molecule has 0 unspecified atom stereocenters. The predicted octanol–water partition coefficient (Wildman–Crippen LogP) is 5.01. The van der Waals surface area contributed by atoms with Gasteiger partial charge in [0.1, 0.15) is 0 Å². The van der Waals surface area contributed by atoms with Crippen molar-refractivity contribution in [3.8, 4) is 0 Å². The quantitative estimate of drug-likeness (QED) is 0.522. The van der Waals surface area contributed by atoms with Crippen molar-refractivity contribution in [2.45, 2.75) is 64.2 Å². The molecule has 0 aromatic heterocycles. The van der Waals surface area contributed by atoms with E-state index in [1.54, 1.807) is 12.8 Å². The summed E-state index contributed by atoms with van der Waals surface area (Å²) < 4.78 is 0. The van der Waals surface area contributed by atoms with Gasteiger partial charge in [-0.3, -0.25) is 0 Å². The van der Waals surface area contributed by atoms with E-state index in [9.17, 15) is 0 Å². The van der Waals surface area contributed by atoms with Gasteiger partial charge in [0.15, 0.2) is 0 Å². The molecule has 0 radical (unpaired) electrons. The van der Waals surface area contributed by atoms with E-state index in [2.05, 4.69) is 0 Å². The van der Waals surface area contributed by atoms with Crippen molar-refractivity contribution >= 4 is 0 Å². The Labute approximate surface area is 111 Å². The second-order valence-electron chi connectivity index (χ2n) is 7.98. The standard InChI is InChI=1S/C18H24/c1-11-3-15-5-12(1)6-16(4-11)18-9-13-2-14(10-18)8-17(15)7-13/h11-14H,1-10H2. The van der Waals surface area contributed by atoms with Crippen molar-refractivity contribution in [1.29, 1.82) is 0 Å². The molecule has 0 nitrogen and oxygen atoms in total. The summed E-state index contributed by atoms with van der Waals surface area (Å²) in [7, 11) is 0. The second kappa shape index (κ2) is 3.52. The molecule has 8 rings (SSSR count). The topological polar surface area (TPSA) is 0 Å². The maximum atomic E-state index is 1.95. The minimum atomic E-state index is 1.04. The van der Waals surface area contributed by atoms with Crippen molar-refractivity contribution in [3.05, 3.63) is 22.3 Å². The average Bonchev–Trinajstić information content (AvgIpc) is 2.35. The fourth-order valence-corrected chi connectivity index (χ4v) is 6.17. The van der Waals surface area contributed by atoms with Crippen LogP contribution in [0.15, 0.2) is 22.3 Å². The molecule has 0 amide bonds. The van der Waals surface area contributed by atoms with E-state index in [0.29, 0.717) is 0 Å². The Kier molecular flexibility index (Phi) is 2.01. The third kappa shape index (κ3) is 1.44. The first-order valence-electron chi connectivity index (χ1n) is 8.23. The molecule has 0 spiro atoms. The van der Waals surface area contributed by atoms with Gasteiger partial charge in [0.25, 0.3) is 0 Å². The van der Waals surface area contributed by atoms with E-state index in [0.717, 1.165) is 23.7 Å². The Morgan fingerprint density at radius 3 is 0.833 bits per heavy atom. The highest BCUT2D eigenvalue weighted by Crippen LogP contribution is 2.54. The molecule has 0 atom stereocenters. The molecule has 0 aliphatic heterocycles. The minimum Gasteiger partial charge on any atom is -0.0704 e. The molecular weight excluding hydrogens is 216 g/mol. The van der Waals surface area contributed by atoms with Gasteiger partial charge < -0.3 is 0 Å². The van der Waals surface area contributed by atoms with Crippen molar-refractivity contribution in [1.82, 2.24) is 0 Å². The van der Waals surface area contributed by atoms with E-state index in [4.69, 9.17) is 0 Å². The Balaban J connectivity index is 1.70. The van der Waals surface area contributed by atoms with Crippen LogP contribution in [0.1, 0.15) is 64.2 Å². The van der Waals surface area contributed by atoms with E-state index in [1.807, 2.05) is 22.3 Å². The third-order valence-electron chi connectivity index (χ3n) is 6.61. The number of hydrogen-bond donors (Lipinski definition) is 0. The van der Waals surface area contributed by atoms with Crippen LogP contribution >= 0.6 is 0 Å². The summed E-state index contributed by atoms with van der Waals surface area (Å²) in [5, 5.41) is 0. The second-order valence-corrected chi connectivity index (χ2v) is 7.98. The number of allylic oxidation sites excluding steroid dienone is 4. The van der Waals surface area contributed by atoms with Crippen LogP contribution in [0.5, 0.6) is 0 Å². The first-order valence-corrected chi connectivity index (χ1v) is 8.23. The van der Waals surface area contributed by atoms with Gasteiger partial charge in [0, 0.05) is 0 Å². The summed E-state index contributed by atoms with van der Waals surface area (Å²) >= 11 is 0. The molecule has 4 saturated carbocycles. The Hall–Kier alpha value is -0.520. The lowest BCUT2D eigenvalue weighted by Gasteiger charge is -2.46. The van der Waals surface area contributed by atoms with Crippen LogP contribution in [0.4, 0.5) is 0 Å². The zero-order valence-corrected chi connectivity index (χ0v) is 11.4. The minimum absolute atomic E-state index is 1.04. The van der Waals surface area contributed by atoms with Gasteiger partial charge >= 0.3 is 0 Å². The van der Waals surface area contributed by atoms with Gasteiger partial charge in [-0.25, -0.2) is 0 Å². The third-order valence-corrected chi connectivity index (χ3v) is 6.61. The molecule has 0 N–H and O–H groups in total. The van der Waals surface area contributed by atoms with Crippen molar-refractivity contribution in [2.75, 3.05) is 0 Å². The molecular formula is C18H24. The summed E-state index contributed by atoms with van der Waals surface area (Å²) in [5.74, 6) is 4.17. The highest BCUT2D eigenvalue weighted by Gasteiger charge is 2.39. The number of hydrogen-bond acceptors (Lipinski definition) is 0. The lowest BCUT2D eigenvalue weighted by molar-refractivity contribution is 0.226. The van der Waals surface area contributed by atoms with Gasteiger partial charge in [-0.15, -0.1) is 0 Å². The Morgan fingerprint density at radius 1 is 0.389 bits per heavy atom. The van der Waals surface area contributed by atoms with Crippen LogP contribution in [-0.4, -0.2) is 0 Å². The Bertz CT molecular complexity index is 348. The summed E-state index contributed by atoms with van der Waals surface area (Å²) in [5.41, 5.74) is 7.82. The first kappa shape index (κ1) is 10.3. The van der Waals surface area contributed by atoms with Crippen molar-refractivity contribution in [2.24, 2.45) is 23.7 Å². The largest absolute Gasteiger partial charge is 0.0704 e. The average molecular weight is 240 g/mol. The zero-order chi connectivity index (χ0) is 11.7. The summed E-state index contributed by atoms with van der Waals surface area (Å²) in [6.07, 6.45) is 15.0. The van der Waals surface area contributed by atoms with Gasteiger partial charge in [-0.05, 0) is 87.9 Å². The molecule has 0 heterocycles. The fourth-order valence-electron chi connectivity index (χ4n) is 6.17. The summed E-state index contributed by atoms with van der Waals surface area (Å²) in [4.78, 5) is 0. The lowest BCUT2D eigenvalue weighted by Crippen LogP contribution is -2.32. The molecule has 8 aliphatic rings. The monoisotopic (exact) mass is 240 g/mol. The smallest absolute Gasteiger partial charge is 0.0286 e. The maximum absolute atomic E-state index is 1.95. The van der Waals surface area contributed by atoms with Crippen LogP contribution in [0.2, 0.25) is 0 Å². The maximum Gasteiger partial charge on any atom is -0.0286 e. The SMILES string of the molecule is C1C2=C3CC4CC(=C5CC1CC(C2)C5)CC(C3)C4. The van der Waals surface area contributed by atoms with E-state index in [1.165, 1.54) is 51.4 Å². The fraction of sp³-hybridized carbons (Fsp3) is 0.778. The van der Waals surface area contributed by atoms with Crippen LogP contribution in [0.3, 0.4) is 0 Å². The highest BCUT2D eigenvalue weighted by atomic mass is 14.4.